The van der Waals surface area contributed by atoms with Gasteiger partial charge in [-0.1, -0.05) is 0 Å². The van der Waals surface area contributed by atoms with E-state index in [2.05, 4.69) is 5.32 Å². The normalized spacial score (nSPS) is 15.5. The van der Waals surface area contributed by atoms with Crippen LogP contribution in [0.4, 0.5) is 5.69 Å². The lowest BCUT2D eigenvalue weighted by molar-refractivity contribution is 0.0796. The molecule has 1 amide bonds. The van der Waals surface area contributed by atoms with Crippen molar-refractivity contribution < 1.29 is 22.4 Å². The minimum Gasteiger partial charge on any atom is -0.427 e. The zero-order valence-electron chi connectivity index (χ0n) is 15.2. The van der Waals surface area contributed by atoms with Crippen LogP contribution in [0, 0.1) is 6.92 Å². The second kappa shape index (κ2) is 7.66. The molecule has 7 nitrogen and oxygen atoms in total. The molecule has 0 spiro atoms. The third-order valence-corrected chi connectivity index (χ3v) is 5.69. The molecule has 0 aliphatic carbocycles. The first kappa shape index (κ1) is 19.3. The molecule has 1 aromatic heterocycles. The number of hydrogen-bond donors (Lipinski definition) is 1. The predicted molar refractivity (Wildman–Crippen MR) is 100 cm³/mol. The minimum atomic E-state index is -3.32. The summed E-state index contributed by atoms with van der Waals surface area (Å²) < 4.78 is 33.7. The lowest BCUT2D eigenvalue weighted by Gasteiger charge is -2.21. The molecular formula is C19H21NO6S. The molecule has 0 radical (unpaired) electrons. The van der Waals surface area contributed by atoms with E-state index in [9.17, 15) is 18.0 Å². The minimum absolute atomic E-state index is 0.0574. The van der Waals surface area contributed by atoms with Crippen molar-refractivity contribution in [2.24, 2.45) is 0 Å². The molecule has 2 aromatic rings. The average molecular weight is 391 g/mol. The summed E-state index contributed by atoms with van der Waals surface area (Å²) in [6.45, 7) is 2.94. The summed E-state index contributed by atoms with van der Waals surface area (Å²) in [5, 5.41) is 2.60. The number of hydrogen-bond acceptors (Lipinski definition) is 6. The molecule has 0 unspecified atom stereocenters. The van der Waals surface area contributed by atoms with Crippen molar-refractivity contribution in [2.45, 2.75) is 30.6 Å². The maximum atomic E-state index is 12.5. The van der Waals surface area contributed by atoms with Crippen LogP contribution in [0.25, 0.3) is 0 Å². The number of carbonyl (C=O) groups excluding carboxylic acids is 1. The van der Waals surface area contributed by atoms with Gasteiger partial charge in [0.15, 0.2) is 9.84 Å². The molecule has 2 heterocycles. The summed E-state index contributed by atoms with van der Waals surface area (Å²) in [5.74, 6) is 0.104. The van der Waals surface area contributed by atoms with E-state index in [-0.39, 0.29) is 16.4 Å². The van der Waals surface area contributed by atoms with E-state index in [1.807, 2.05) is 0 Å². The fourth-order valence-electron chi connectivity index (χ4n) is 3.07. The Labute approximate surface area is 157 Å². The Morgan fingerprint density at radius 3 is 2.33 bits per heavy atom. The quantitative estimate of drug-likeness (QED) is 0.859. The fraction of sp³-hybridized carbons (Fsp3) is 0.368. The van der Waals surface area contributed by atoms with Crippen molar-refractivity contribution in [2.75, 3.05) is 24.8 Å². The monoisotopic (exact) mass is 391 g/mol. The Balaban J connectivity index is 1.81. The second-order valence-electron chi connectivity index (χ2n) is 6.63. The molecule has 1 fully saturated rings. The molecule has 3 rings (SSSR count). The molecule has 1 N–H and O–H groups in total. The summed E-state index contributed by atoms with van der Waals surface area (Å²) in [5.41, 5.74) is 0.192. The van der Waals surface area contributed by atoms with Gasteiger partial charge in [-0.05, 0) is 55.7 Å². The van der Waals surface area contributed by atoms with Crippen LogP contribution in [0.2, 0.25) is 0 Å². The first-order valence-corrected chi connectivity index (χ1v) is 10.5. The second-order valence-corrected chi connectivity index (χ2v) is 8.65. The van der Waals surface area contributed by atoms with Gasteiger partial charge in [0.2, 0.25) is 0 Å². The molecule has 0 atom stereocenters. The van der Waals surface area contributed by atoms with E-state index in [1.165, 1.54) is 24.3 Å². The zero-order valence-corrected chi connectivity index (χ0v) is 16.0. The zero-order chi connectivity index (χ0) is 19.6. The highest BCUT2D eigenvalue weighted by molar-refractivity contribution is 7.90. The number of benzene rings is 1. The van der Waals surface area contributed by atoms with E-state index in [4.69, 9.17) is 9.15 Å². The van der Waals surface area contributed by atoms with Crippen LogP contribution in [0.1, 0.15) is 40.4 Å². The standard InChI is InChI=1S/C19H21NO6S/c1-12-11-16(13-7-9-25-10-8-13)26-19(22)17(12)18(21)20-14-3-5-15(6-4-14)27(2,23)24/h3-6,11,13H,7-10H2,1-2H3,(H,20,21). The first-order valence-electron chi connectivity index (χ1n) is 8.59. The fourth-order valence-corrected chi connectivity index (χ4v) is 3.70. The Morgan fingerprint density at radius 1 is 1.15 bits per heavy atom. The average Bonchev–Trinajstić information content (AvgIpc) is 2.61. The van der Waals surface area contributed by atoms with Gasteiger partial charge in [-0.25, -0.2) is 13.2 Å². The summed E-state index contributed by atoms with van der Waals surface area (Å²) >= 11 is 0. The Bertz CT molecular complexity index is 1000. The van der Waals surface area contributed by atoms with Crippen molar-refractivity contribution in [3.05, 3.63) is 57.6 Å². The first-order chi connectivity index (χ1) is 12.8. The molecule has 0 saturated carbocycles. The number of carbonyl (C=O) groups is 1. The van der Waals surface area contributed by atoms with E-state index in [0.29, 0.717) is 30.2 Å². The van der Waals surface area contributed by atoms with Gasteiger partial charge in [-0.3, -0.25) is 4.79 Å². The van der Waals surface area contributed by atoms with Crippen molar-refractivity contribution >= 4 is 21.4 Å². The maximum absolute atomic E-state index is 12.5. The van der Waals surface area contributed by atoms with Crippen LogP contribution >= 0.6 is 0 Å². The van der Waals surface area contributed by atoms with Gasteiger partial charge in [0.05, 0.1) is 4.90 Å². The van der Waals surface area contributed by atoms with E-state index in [0.717, 1.165) is 19.1 Å². The van der Waals surface area contributed by atoms with Gasteiger partial charge in [-0.15, -0.1) is 0 Å². The third kappa shape index (κ3) is 4.45. The van der Waals surface area contributed by atoms with Crippen LogP contribution in [-0.2, 0) is 14.6 Å². The number of amides is 1. The number of nitrogens with one attached hydrogen (secondary N) is 1. The number of rotatable bonds is 4. The predicted octanol–water partition coefficient (Wildman–Crippen LogP) is 2.50. The van der Waals surface area contributed by atoms with Crippen LogP contribution in [0.5, 0.6) is 0 Å². The number of anilines is 1. The molecule has 0 bridgehead atoms. The Morgan fingerprint density at radius 2 is 1.78 bits per heavy atom. The molecule has 1 saturated heterocycles. The van der Waals surface area contributed by atoms with Crippen LogP contribution < -0.4 is 10.9 Å². The summed E-state index contributed by atoms with van der Waals surface area (Å²) in [6.07, 6.45) is 2.66. The third-order valence-electron chi connectivity index (χ3n) is 4.56. The molecule has 144 valence electrons. The van der Waals surface area contributed by atoms with Crippen molar-refractivity contribution in [1.29, 1.82) is 0 Å². The van der Waals surface area contributed by atoms with Crippen molar-refractivity contribution in [3.63, 3.8) is 0 Å². The number of ether oxygens (including phenoxy) is 1. The summed E-state index contributed by atoms with van der Waals surface area (Å²) in [7, 11) is -3.32. The highest BCUT2D eigenvalue weighted by Crippen LogP contribution is 2.27. The number of aryl methyl sites for hydroxylation is 1. The van der Waals surface area contributed by atoms with E-state index >= 15 is 0 Å². The topological polar surface area (TPSA) is 103 Å². The molecule has 1 aliphatic rings. The molecule has 1 aliphatic heterocycles. The Kier molecular flexibility index (Phi) is 5.48. The van der Waals surface area contributed by atoms with Crippen LogP contribution in [0.15, 0.2) is 44.4 Å². The number of sulfone groups is 1. The van der Waals surface area contributed by atoms with Gasteiger partial charge in [-0.2, -0.15) is 0 Å². The van der Waals surface area contributed by atoms with Gasteiger partial charge >= 0.3 is 5.63 Å². The Hall–Kier alpha value is -2.45. The SMILES string of the molecule is Cc1cc(C2CCOCC2)oc(=O)c1C(=O)Nc1ccc(S(C)(=O)=O)cc1. The molecule has 1 aromatic carbocycles. The largest absolute Gasteiger partial charge is 0.427 e. The van der Waals surface area contributed by atoms with Crippen molar-refractivity contribution in [1.82, 2.24) is 0 Å². The maximum Gasteiger partial charge on any atom is 0.349 e. The smallest absolute Gasteiger partial charge is 0.349 e. The van der Waals surface area contributed by atoms with Gasteiger partial charge in [0, 0.05) is 31.1 Å². The molecule has 8 heteroatoms. The molecular weight excluding hydrogens is 370 g/mol. The highest BCUT2D eigenvalue weighted by Gasteiger charge is 2.23. The van der Waals surface area contributed by atoms with Crippen molar-refractivity contribution in [3.8, 4) is 0 Å². The van der Waals surface area contributed by atoms with Gasteiger partial charge < -0.3 is 14.5 Å². The van der Waals surface area contributed by atoms with Gasteiger partial charge in [0.25, 0.3) is 5.91 Å². The van der Waals surface area contributed by atoms with Crippen LogP contribution in [0.3, 0.4) is 0 Å². The van der Waals surface area contributed by atoms with Crippen LogP contribution in [-0.4, -0.2) is 33.8 Å². The van der Waals surface area contributed by atoms with Gasteiger partial charge in [0.1, 0.15) is 11.3 Å². The van der Waals surface area contributed by atoms with E-state index < -0.39 is 21.4 Å². The lowest BCUT2D eigenvalue weighted by atomic mass is 9.95. The summed E-state index contributed by atoms with van der Waals surface area (Å²) in [6, 6.07) is 7.48. The highest BCUT2D eigenvalue weighted by atomic mass is 32.2. The lowest BCUT2D eigenvalue weighted by Crippen LogP contribution is -2.24. The summed E-state index contributed by atoms with van der Waals surface area (Å²) in [4.78, 5) is 25.0. The molecule has 27 heavy (non-hydrogen) atoms. The van der Waals surface area contributed by atoms with E-state index in [1.54, 1.807) is 13.0 Å².